The Morgan fingerprint density at radius 2 is 1.81 bits per heavy atom. The van der Waals surface area contributed by atoms with Gasteiger partial charge in [0.05, 0.1) is 24.1 Å². The smallest absolute Gasteiger partial charge is 0.377 e. The molecule has 0 aliphatic heterocycles. The number of benzene rings is 3. The summed E-state index contributed by atoms with van der Waals surface area (Å²) >= 11 is 0. The van der Waals surface area contributed by atoms with Crippen LogP contribution in [0.2, 0.25) is 0 Å². The second kappa shape index (κ2) is 14.4. The highest BCUT2D eigenvalue weighted by molar-refractivity contribution is 6.04. The summed E-state index contributed by atoms with van der Waals surface area (Å²) in [6, 6.07) is 22.4. The predicted molar refractivity (Wildman–Crippen MR) is 159 cm³/mol. The molecule has 0 aliphatic rings. The highest BCUT2D eigenvalue weighted by Crippen LogP contribution is 2.35. The normalized spacial score (nSPS) is 12.9. The Bertz CT molecular complexity index is 1510. The minimum Gasteiger partial charge on any atom is -0.377 e. The summed E-state index contributed by atoms with van der Waals surface area (Å²) in [5.74, 6) is -0.137. The first-order chi connectivity index (χ1) is 20.3. The fourth-order valence-electron chi connectivity index (χ4n) is 4.54. The van der Waals surface area contributed by atoms with E-state index >= 15 is 0 Å². The number of aromatic nitrogens is 2. The van der Waals surface area contributed by atoms with E-state index in [0.29, 0.717) is 54.5 Å². The van der Waals surface area contributed by atoms with Crippen molar-refractivity contribution in [1.29, 1.82) is 0 Å². The molecule has 0 spiro atoms. The van der Waals surface area contributed by atoms with Crippen LogP contribution in [-0.4, -0.2) is 28.7 Å². The van der Waals surface area contributed by atoms with Crippen molar-refractivity contribution in [3.05, 3.63) is 119 Å². The van der Waals surface area contributed by atoms with E-state index in [2.05, 4.69) is 20.3 Å². The molecule has 0 fully saturated rings. The van der Waals surface area contributed by atoms with Crippen LogP contribution in [0.1, 0.15) is 55.1 Å². The Labute approximate surface area is 243 Å². The molecule has 0 aliphatic carbocycles. The number of aliphatic imine (C=N–C) groups is 1. The Morgan fingerprint density at radius 1 is 1.05 bits per heavy atom. The molecule has 1 aromatic heterocycles. The van der Waals surface area contributed by atoms with Gasteiger partial charge in [0.1, 0.15) is 11.5 Å². The van der Waals surface area contributed by atoms with E-state index in [-0.39, 0.29) is 5.91 Å². The number of carbonyl (C=O) groups excluding carboxylic acids is 1. The molecule has 4 rings (SSSR count). The maximum atomic E-state index is 13.5. The molecule has 0 saturated heterocycles. The van der Waals surface area contributed by atoms with Crippen molar-refractivity contribution in [3.8, 4) is 11.3 Å². The number of rotatable bonds is 12. The van der Waals surface area contributed by atoms with Gasteiger partial charge in [-0.2, -0.15) is 13.2 Å². The average molecular weight is 575 g/mol. The quantitative estimate of drug-likeness (QED) is 0.102. The van der Waals surface area contributed by atoms with Gasteiger partial charge in [-0.1, -0.05) is 66.7 Å². The number of hydrogen-bond donors (Lipinski definition) is 2. The summed E-state index contributed by atoms with van der Waals surface area (Å²) in [4.78, 5) is 24.3. The highest BCUT2D eigenvalue weighted by Gasteiger charge is 2.31. The first kappa shape index (κ1) is 30.5. The first-order valence-corrected chi connectivity index (χ1v) is 13.7. The third-order valence-electron chi connectivity index (χ3n) is 6.66. The third kappa shape index (κ3) is 8.27. The molecular formula is C33H33F3N4O2. The highest BCUT2D eigenvalue weighted by atomic mass is 19.4. The monoisotopic (exact) mass is 574 g/mol. The lowest BCUT2D eigenvalue weighted by atomic mass is 9.92. The molecule has 9 heteroatoms. The predicted octanol–water partition coefficient (Wildman–Crippen LogP) is 8.16. The number of allylic oxidation sites excluding steroid dienone is 1. The zero-order valence-electron chi connectivity index (χ0n) is 23.5. The van der Waals surface area contributed by atoms with Crippen LogP contribution in [0.3, 0.4) is 0 Å². The lowest BCUT2D eigenvalue weighted by molar-refractivity contribution is -0.137. The molecule has 1 unspecified atom stereocenters. The second-order valence-corrected chi connectivity index (χ2v) is 9.63. The average Bonchev–Trinajstić information content (AvgIpc) is 3.48. The number of aromatic amines is 1. The van der Waals surface area contributed by atoms with Crippen LogP contribution in [0.4, 0.5) is 18.9 Å². The van der Waals surface area contributed by atoms with E-state index in [1.54, 1.807) is 50.5 Å². The molecule has 42 heavy (non-hydrogen) atoms. The van der Waals surface area contributed by atoms with E-state index in [1.807, 2.05) is 42.5 Å². The molecule has 3 aromatic carbocycles. The fourth-order valence-corrected chi connectivity index (χ4v) is 4.54. The number of ether oxygens (including phenoxy) is 1. The number of nitrogens with zero attached hydrogens (tertiary/aromatic N) is 2. The van der Waals surface area contributed by atoms with Crippen LogP contribution in [-0.2, 0) is 22.3 Å². The molecule has 1 atom stereocenters. The van der Waals surface area contributed by atoms with Gasteiger partial charge < -0.3 is 15.0 Å². The van der Waals surface area contributed by atoms with E-state index in [4.69, 9.17) is 4.74 Å². The zero-order chi connectivity index (χ0) is 30.0. The molecule has 6 nitrogen and oxygen atoms in total. The standard InChI is InChI=1S/C33H33F3N4O2/c1-3-29(37-4-2)32(41)39-27-17-15-24(16-18-27)30-21-38-31(40-30)28(25-12-8-13-26(20-25)33(34,35)36)14-9-19-42-22-23-10-6-5-7-11-23/h3-8,10-13,15-18,20-21,28H,9,14,19,22H2,1-2H3,(H,38,40)(H,39,41)/b29-3-,37-4-. The van der Waals surface area contributed by atoms with Gasteiger partial charge in [-0.15, -0.1) is 0 Å². The van der Waals surface area contributed by atoms with Gasteiger partial charge in [0, 0.05) is 24.4 Å². The van der Waals surface area contributed by atoms with Crippen molar-refractivity contribution in [3.63, 3.8) is 0 Å². The largest absolute Gasteiger partial charge is 0.416 e. The second-order valence-electron chi connectivity index (χ2n) is 9.63. The van der Waals surface area contributed by atoms with E-state index in [9.17, 15) is 18.0 Å². The number of carbonyl (C=O) groups is 1. The van der Waals surface area contributed by atoms with Gasteiger partial charge >= 0.3 is 6.18 Å². The van der Waals surface area contributed by atoms with Crippen molar-refractivity contribution in [2.75, 3.05) is 11.9 Å². The maximum absolute atomic E-state index is 13.5. The first-order valence-electron chi connectivity index (χ1n) is 13.7. The van der Waals surface area contributed by atoms with Gasteiger partial charge in [-0.3, -0.25) is 9.79 Å². The Morgan fingerprint density at radius 3 is 2.50 bits per heavy atom. The van der Waals surface area contributed by atoms with Crippen molar-refractivity contribution in [2.45, 2.75) is 45.4 Å². The minimum absolute atomic E-state index is 0.311. The van der Waals surface area contributed by atoms with Gasteiger partial charge in [-0.05, 0) is 61.6 Å². The Balaban J connectivity index is 1.49. The Kier molecular flexibility index (Phi) is 10.4. The molecule has 1 amide bonds. The number of imidazole rings is 1. The van der Waals surface area contributed by atoms with Gasteiger partial charge in [-0.25, -0.2) is 4.98 Å². The Hall–Kier alpha value is -4.50. The summed E-state index contributed by atoms with van der Waals surface area (Å²) in [7, 11) is 0. The van der Waals surface area contributed by atoms with Crippen molar-refractivity contribution >= 4 is 17.8 Å². The molecule has 0 radical (unpaired) electrons. The summed E-state index contributed by atoms with van der Waals surface area (Å²) in [5, 5.41) is 2.81. The fraction of sp³-hybridized carbons (Fsp3) is 0.242. The number of alkyl halides is 3. The van der Waals surface area contributed by atoms with Gasteiger partial charge in [0.25, 0.3) is 5.91 Å². The summed E-state index contributed by atoms with van der Waals surface area (Å²) in [6.07, 6.45) is 1.59. The molecule has 0 saturated carbocycles. The summed E-state index contributed by atoms with van der Waals surface area (Å²) in [6.45, 7) is 4.41. The van der Waals surface area contributed by atoms with Crippen LogP contribution in [0.15, 0.2) is 102 Å². The molecule has 218 valence electrons. The maximum Gasteiger partial charge on any atom is 0.416 e. The summed E-state index contributed by atoms with van der Waals surface area (Å²) < 4.78 is 46.3. The SMILES string of the molecule is C/C=N\C(=C/C)C(=O)Nc1ccc(-c2cnc(C(CCCOCc3ccccc3)c3cccc(C(F)(F)F)c3)[nH]2)cc1. The molecule has 1 heterocycles. The number of H-pyrrole nitrogens is 1. The molecule has 0 bridgehead atoms. The van der Waals surface area contributed by atoms with E-state index in [1.165, 1.54) is 12.1 Å². The van der Waals surface area contributed by atoms with Crippen molar-refractivity contribution in [2.24, 2.45) is 4.99 Å². The third-order valence-corrected chi connectivity index (χ3v) is 6.66. The van der Waals surface area contributed by atoms with Crippen LogP contribution in [0.25, 0.3) is 11.3 Å². The topological polar surface area (TPSA) is 79.4 Å². The van der Waals surface area contributed by atoms with Gasteiger partial charge in [0.2, 0.25) is 0 Å². The number of nitrogens with one attached hydrogen (secondary N) is 2. The zero-order valence-corrected chi connectivity index (χ0v) is 23.5. The van der Waals surface area contributed by atoms with Crippen LogP contribution in [0.5, 0.6) is 0 Å². The number of hydrogen-bond acceptors (Lipinski definition) is 4. The van der Waals surface area contributed by atoms with Crippen molar-refractivity contribution in [1.82, 2.24) is 9.97 Å². The lowest BCUT2D eigenvalue weighted by Crippen LogP contribution is -2.13. The summed E-state index contributed by atoms with van der Waals surface area (Å²) in [5.41, 5.74) is 3.34. The number of halogens is 3. The lowest BCUT2D eigenvalue weighted by Gasteiger charge is -2.17. The van der Waals surface area contributed by atoms with Crippen LogP contribution in [0, 0.1) is 0 Å². The van der Waals surface area contributed by atoms with E-state index < -0.39 is 17.7 Å². The van der Waals surface area contributed by atoms with E-state index in [0.717, 1.165) is 17.2 Å². The van der Waals surface area contributed by atoms with Crippen molar-refractivity contribution < 1.29 is 22.7 Å². The number of anilines is 1. The van der Waals surface area contributed by atoms with Gasteiger partial charge in [0.15, 0.2) is 0 Å². The van der Waals surface area contributed by atoms with Crippen LogP contribution >= 0.6 is 0 Å². The molecule has 2 N–H and O–H groups in total. The minimum atomic E-state index is -4.44. The molecular weight excluding hydrogens is 541 g/mol. The van der Waals surface area contributed by atoms with Crippen LogP contribution < -0.4 is 5.32 Å². The molecule has 4 aromatic rings. The number of amides is 1.